The number of aliphatic carboxylic acids is 1. The minimum Gasteiger partial charge on any atom is -0.550 e. The number of nitrogens with one attached hydrogen (secondary N) is 1. The number of rotatable bonds is 7. The second-order valence-electron chi connectivity index (χ2n) is 6.84. The van der Waals surface area contributed by atoms with Crippen LogP contribution >= 0.6 is 0 Å². The minimum atomic E-state index is -1.21. The lowest BCUT2D eigenvalue weighted by molar-refractivity contribution is -0.384. The molecule has 0 radical (unpaired) electrons. The van der Waals surface area contributed by atoms with Gasteiger partial charge in [-0.1, -0.05) is 42.0 Å². The highest BCUT2D eigenvalue weighted by Crippen LogP contribution is 2.33. The van der Waals surface area contributed by atoms with Crippen LogP contribution in [0.3, 0.4) is 0 Å². The van der Waals surface area contributed by atoms with E-state index in [0.29, 0.717) is 11.3 Å². The van der Waals surface area contributed by atoms with Gasteiger partial charge >= 0.3 is 0 Å². The Kier molecular flexibility index (Phi) is 5.92. The van der Waals surface area contributed by atoms with Crippen molar-refractivity contribution in [1.29, 1.82) is 0 Å². The number of carboxylic acids is 1. The van der Waals surface area contributed by atoms with Crippen molar-refractivity contribution in [2.24, 2.45) is 0 Å². The molecule has 3 rings (SSSR count). The number of carbonyl (C=O) groups excluding carboxylic acids is 2. The van der Waals surface area contributed by atoms with E-state index >= 15 is 0 Å². The number of non-ortho nitro benzene ring substituents is 1. The number of nitrogens with zero attached hydrogens (tertiary/aromatic N) is 2. The van der Waals surface area contributed by atoms with Crippen molar-refractivity contribution in [3.8, 4) is 0 Å². The third kappa shape index (κ3) is 4.78. The fraction of sp³-hybridized carbons (Fsp3) is 0.238. The number of amides is 1. The summed E-state index contributed by atoms with van der Waals surface area (Å²) in [5.41, 5.74) is 6.26. The third-order valence-corrected chi connectivity index (χ3v) is 4.67. The summed E-state index contributed by atoms with van der Waals surface area (Å²) >= 11 is 0. The quantitative estimate of drug-likeness (QED) is 0.569. The highest BCUT2D eigenvalue weighted by atomic mass is 16.6. The van der Waals surface area contributed by atoms with E-state index in [9.17, 15) is 24.8 Å². The first-order valence-electron chi connectivity index (χ1n) is 9.17. The SMILES string of the molecule is Cc1ccc(C2=C[C@@H](c3cccc([N+](=O)[O-])c3)N(C(=O)CCCC(=O)[O-])N2)cc1. The molecule has 150 valence electrons. The average molecular weight is 394 g/mol. The predicted octanol–water partition coefficient (Wildman–Crippen LogP) is 2.25. The van der Waals surface area contributed by atoms with Crippen LogP contribution in [0.25, 0.3) is 5.70 Å². The second kappa shape index (κ2) is 8.55. The molecular weight excluding hydrogens is 374 g/mol. The zero-order valence-corrected chi connectivity index (χ0v) is 15.8. The van der Waals surface area contributed by atoms with E-state index in [-0.39, 0.29) is 30.9 Å². The van der Waals surface area contributed by atoms with Crippen molar-refractivity contribution >= 4 is 23.3 Å². The number of benzene rings is 2. The Balaban J connectivity index is 1.90. The predicted molar refractivity (Wildman–Crippen MR) is 104 cm³/mol. The van der Waals surface area contributed by atoms with Gasteiger partial charge in [0.25, 0.3) is 5.69 Å². The molecule has 8 heteroatoms. The van der Waals surface area contributed by atoms with Gasteiger partial charge in [-0.05, 0) is 37.0 Å². The summed E-state index contributed by atoms with van der Waals surface area (Å²) in [6.45, 7) is 1.97. The maximum Gasteiger partial charge on any atom is 0.269 e. The molecule has 0 aliphatic carbocycles. The highest BCUT2D eigenvalue weighted by Gasteiger charge is 2.31. The second-order valence-corrected chi connectivity index (χ2v) is 6.84. The largest absolute Gasteiger partial charge is 0.550 e. The summed E-state index contributed by atoms with van der Waals surface area (Å²) in [6.07, 6.45) is 1.79. The molecule has 0 saturated carbocycles. The molecule has 1 N–H and O–H groups in total. The molecule has 1 atom stereocenters. The number of carbonyl (C=O) groups is 2. The Morgan fingerprint density at radius 3 is 2.52 bits per heavy atom. The van der Waals surface area contributed by atoms with Gasteiger partial charge in [0.1, 0.15) is 0 Å². The molecule has 2 aromatic carbocycles. The van der Waals surface area contributed by atoms with Crippen LogP contribution in [0, 0.1) is 17.0 Å². The van der Waals surface area contributed by atoms with E-state index in [1.807, 2.05) is 37.3 Å². The van der Waals surface area contributed by atoms with Gasteiger partial charge < -0.3 is 9.90 Å². The van der Waals surface area contributed by atoms with Crippen LogP contribution in [0.1, 0.15) is 42.0 Å². The minimum absolute atomic E-state index is 0.0153. The van der Waals surface area contributed by atoms with Gasteiger partial charge in [-0.2, -0.15) is 0 Å². The van der Waals surface area contributed by atoms with E-state index in [1.165, 1.54) is 17.1 Å². The summed E-state index contributed by atoms with van der Waals surface area (Å²) in [5, 5.41) is 23.2. The van der Waals surface area contributed by atoms with E-state index in [4.69, 9.17) is 0 Å². The number of hydrogen-bond acceptors (Lipinski definition) is 6. The number of hydrogen-bond donors (Lipinski definition) is 1. The van der Waals surface area contributed by atoms with Crippen LogP contribution in [0.4, 0.5) is 5.69 Å². The molecule has 0 unspecified atom stereocenters. The maximum absolute atomic E-state index is 12.7. The van der Waals surface area contributed by atoms with Gasteiger partial charge in [0, 0.05) is 24.5 Å². The number of hydrazine groups is 1. The van der Waals surface area contributed by atoms with Crippen LogP contribution < -0.4 is 10.5 Å². The molecule has 0 saturated heterocycles. The molecule has 1 aliphatic heterocycles. The number of nitro groups is 1. The van der Waals surface area contributed by atoms with Crippen molar-refractivity contribution < 1.29 is 19.6 Å². The summed E-state index contributed by atoms with van der Waals surface area (Å²) in [5.74, 6) is -1.51. The van der Waals surface area contributed by atoms with Gasteiger partial charge in [-0.25, -0.2) is 5.01 Å². The van der Waals surface area contributed by atoms with Crippen LogP contribution in [-0.2, 0) is 9.59 Å². The van der Waals surface area contributed by atoms with Crippen molar-refractivity contribution in [3.05, 3.63) is 81.4 Å². The molecule has 29 heavy (non-hydrogen) atoms. The molecule has 0 spiro atoms. The lowest BCUT2D eigenvalue weighted by Crippen LogP contribution is -2.39. The summed E-state index contributed by atoms with van der Waals surface area (Å²) < 4.78 is 0. The molecular formula is C21H20N3O5-. The Morgan fingerprint density at radius 1 is 1.14 bits per heavy atom. The van der Waals surface area contributed by atoms with Crippen LogP contribution in [-0.4, -0.2) is 21.8 Å². The standard InChI is InChI=1S/C21H21N3O5/c1-14-8-10-15(11-9-14)18-13-19(16-4-2-5-17(12-16)24(28)29)23(22-18)20(25)6-3-7-21(26)27/h2,4-5,8-13,19,22H,3,6-7H2,1H3,(H,26,27)/p-1/t19-/m0/s1. The maximum atomic E-state index is 12.7. The fourth-order valence-corrected chi connectivity index (χ4v) is 3.15. The van der Waals surface area contributed by atoms with Gasteiger partial charge in [-0.15, -0.1) is 0 Å². The Hall–Kier alpha value is -3.68. The molecule has 0 bridgehead atoms. The lowest BCUT2D eigenvalue weighted by Gasteiger charge is -2.25. The summed E-state index contributed by atoms with van der Waals surface area (Å²) in [7, 11) is 0. The number of aryl methyl sites for hydroxylation is 1. The van der Waals surface area contributed by atoms with Crippen molar-refractivity contribution in [1.82, 2.24) is 10.4 Å². The normalized spacial score (nSPS) is 15.6. The average Bonchev–Trinajstić information content (AvgIpc) is 3.14. The van der Waals surface area contributed by atoms with E-state index in [0.717, 1.165) is 11.1 Å². The number of nitro benzene ring substituents is 1. The first kappa shape index (κ1) is 20.1. The van der Waals surface area contributed by atoms with E-state index in [2.05, 4.69) is 5.43 Å². The zero-order valence-electron chi connectivity index (χ0n) is 15.8. The lowest BCUT2D eigenvalue weighted by atomic mass is 10.0. The first-order valence-corrected chi connectivity index (χ1v) is 9.17. The summed E-state index contributed by atoms with van der Waals surface area (Å²) in [6, 6.07) is 13.3. The van der Waals surface area contributed by atoms with Crippen molar-refractivity contribution in [2.75, 3.05) is 0 Å². The van der Waals surface area contributed by atoms with Crippen LogP contribution in [0.15, 0.2) is 54.6 Å². The van der Waals surface area contributed by atoms with E-state index < -0.39 is 16.9 Å². The van der Waals surface area contributed by atoms with Gasteiger partial charge in [-0.3, -0.25) is 20.3 Å². The van der Waals surface area contributed by atoms with Gasteiger partial charge in [0.15, 0.2) is 0 Å². The van der Waals surface area contributed by atoms with E-state index in [1.54, 1.807) is 12.1 Å². The molecule has 0 fully saturated rings. The molecule has 1 amide bonds. The van der Waals surface area contributed by atoms with Crippen LogP contribution in [0.5, 0.6) is 0 Å². The first-order chi connectivity index (χ1) is 13.8. The van der Waals surface area contributed by atoms with Crippen LogP contribution in [0.2, 0.25) is 0 Å². The topological polar surface area (TPSA) is 116 Å². The van der Waals surface area contributed by atoms with Gasteiger partial charge in [0.2, 0.25) is 5.91 Å². The monoisotopic (exact) mass is 394 g/mol. The fourth-order valence-electron chi connectivity index (χ4n) is 3.15. The highest BCUT2D eigenvalue weighted by molar-refractivity contribution is 5.81. The Morgan fingerprint density at radius 2 is 1.86 bits per heavy atom. The summed E-state index contributed by atoms with van der Waals surface area (Å²) in [4.78, 5) is 34.0. The zero-order chi connectivity index (χ0) is 21.0. The van der Waals surface area contributed by atoms with Gasteiger partial charge in [0.05, 0.1) is 16.7 Å². The third-order valence-electron chi connectivity index (χ3n) is 4.67. The smallest absolute Gasteiger partial charge is 0.269 e. The molecule has 8 nitrogen and oxygen atoms in total. The molecule has 2 aromatic rings. The molecule has 0 aromatic heterocycles. The number of carboxylic acid groups (broad SMARTS) is 1. The Bertz CT molecular complexity index is 969. The van der Waals surface area contributed by atoms with Crippen molar-refractivity contribution in [2.45, 2.75) is 32.2 Å². The molecule has 1 aliphatic rings. The molecule has 1 heterocycles. The van der Waals surface area contributed by atoms with Crippen molar-refractivity contribution in [3.63, 3.8) is 0 Å². The Labute approximate surface area is 167 Å².